The summed E-state index contributed by atoms with van der Waals surface area (Å²) in [6, 6.07) is 1.82. The summed E-state index contributed by atoms with van der Waals surface area (Å²) in [5.41, 5.74) is -0.476. The van der Waals surface area contributed by atoms with E-state index in [4.69, 9.17) is 10.7 Å². The van der Waals surface area contributed by atoms with Gasteiger partial charge >= 0.3 is 0 Å². The van der Waals surface area contributed by atoms with Crippen molar-refractivity contribution in [2.24, 2.45) is 0 Å². The van der Waals surface area contributed by atoms with Gasteiger partial charge in [-0.15, -0.1) is 0 Å². The van der Waals surface area contributed by atoms with Gasteiger partial charge in [0.25, 0.3) is 14.7 Å². The Balaban J connectivity index is 3.68. The van der Waals surface area contributed by atoms with E-state index in [0.29, 0.717) is 6.29 Å². The number of non-ortho nitro benzene ring substituents is 1. The van der Waals surface area contributed by atoms with Gasteiger partial charge in [-0.05, 0) is 12.5 Å². The van der Waals surface area contributed by atoms with Gasteiger partial charge in [0.05, 0.1) is 9.82 Å². The van der Waals surface area contributed by atoms with Crippen molar-refractivity contribution in [3.63, 3.8) is 0 Å². The third kappa shape index (κ3) is 2.37. The van der Waals surface area contributed by atoms with Gasteiger partial charge in [-0.25, -0.2) is 8.42 Å². The Bertz CT molecular complexity index is 566. The largest absolute Gasteiger partial charge is 0.298 e. The molecule has 0 saturated heterocycles. The van der Waals surface area contributed by atoms with E-state index in [1.165, 1.54) is 6.92 Å². The lowest BCUT2D eigenvalue weighted by Crippen LogP contribution is -2.01. The third-order valence-electron chi connectivity index (χ3n) is 1.99. The molecule has 0 unspecified atom stereocenters. The highest BCUT2D eigenvalue weighted by Gasteiger charge is 2.21. The van der Waals surface area contributed by atoms with Crippen LogP contribution in [0.1, 0.15) is 15.9 Å². The van der Waals surface area contributed by atoms with Gasteiger partial charge in [-0.2, -0.15) is 0 Å². The second-order valence-corrected chi connectivity index (χ2v) is 5.51. The number of nitro groups is 1. The first-order chi connectivity index (χ1) is 7.27. The molecule has 86 valence electrons. The summed E-state index contributed by atoms with van der Waals surface area (Å²) in [6.07, 6.45) is 0.341. The van der Waals surface area contributed by atoms with Gasteiger partial charge < -0.3 is 0 Å². The molecule has 0 atom stereocenters. The fourth-order valence-corrected chi connectivity index (χ4v) is 2.40. The zero-order valence-electron chi connectivity index (χ0n) is 8.01. The average Bonchev–Trinajstić information content (AvgIpc) is 2.15. The second-order valence-electron chi connectivity index (χ2n) is 2.97. The molecule has 0 saturated carbocycles. The number of halogens is 1. The van der Waals surface area contributed by atoms with Gasteiger partial charge in [0.15, 0.2) is 6.29 Å². The first kappa shape index (κ1) is 12.6. The Morgan fingerprint density at radius 1 is 1.44 bits per heavy atom. The molecule has 8 heteroatoms. The molecular weight excluding hydrogens is 258 g/mol. The third-order valence-corrected chi connectivity index (χ3v) is 3.43. The van der Waals surface area contributed by atoms with Crippen LogP contribution in [-0.4, -0.2) is 19.6 Å². The first-order valence-electron chi connectivity index (χ1n) is 3.96. The number of carbonyl (C=O) groups is 1. The van der Waals surface area contributed by atoms with Crippen LogP contribution < -0.4 is 0 Å². The normalized spacial score (nSPS) is 11.1. The fraction of sp³-hybridized carbons (Fsp3) is 0.125. The van der Waals surface area contributed by atoms with E-state index in [1.807, 2.05) is 0 Å². The number of carbonyl (C=O) groups excluding carboxylic acids is 1. The molecule has 0 radical (unpaired) electrons. The lowest BCUT2D eigenvalue weighted by Gasteiger charge is -2.04. The Morgan fingerprint density at radius 2 is 2.00 bits per heavy atom. The van der Waals surface area contributed by atoms with Gasteiger partial charge in [0.1, 0.15) is 0 Å². The Labute approximate surface area is 95.4 Å². The first-order valence-corrected chi connectivity index (χ1v) is 6.27. The summed E-state index contributed by atoms with van der Waals surface area (Å²) in [5.74, 6) is 0. The van der Waals surface area contributed by atoms with E-state index in [9.17, 15) is 23.3 Å². The zero-order valence-corrected chi connectivity index (χ0v) is 9.58. The Morgan fingerprint density at radius 3 is 2.38 bits per heavy atom. The predicted molar refractivity (Wildman–Crippen MR) is 56.3 cm³/mol. The molecule has 1 rings (SSSR count). The molecule has 0 spiro atoms. The topological polar surface area (TPSA) is 94.3 Å². The summed E-state index contributed by atoms with van der Waals surface area (Å²) in [7, 11) is 0.990. The molecule has 1 aromatic rings. The molecule has 0 amide bonds. The minimum absolute atomic E-state index is 0.0755. The maximum atomic E-state index is 11.1. The minimum atomic E-state index is -4.11. The minimum Gasteiger partial charge on any atom is -0.298 e. The summed E-state index contributed by atoms with van der Waals surface area (Å²) in [5, 5.41) is 10.5. The zero-order chi connectivity index (χ0) is 12.5. The standard InChI is InChI=1S/C8H6ClNO5S/c1-5-6(4-11)2-7(10(12)13)3-8(5)16(9,14)15/h2-4H,1H3. The van der Waals surface area contributed by atoms with Crippen LogP contribution in [0.5, 0.6) is 0 Å². The summed E-state index contributed by atoms with van der Waals surface area (Å²) in [6.45, 7) is 1.35. The van der Waals surface area contributed by atoms with E-state index in [0.717, 1.165) is 12.1 Å². The SMILES string of the molecule is Cc1c(C=O)cc([N+](=O)[O-])cc1S(=O)(=O)Cl. The number of nitro benzene ring substituents is 1. The summed E-state index contributed by atoms with van der Waals surface area (Å²) in [4.78, 5) is 19.9. The van der Waals surface area contributed by atoms with Gasteiger partial charge in [0.2, 0.25) is 0 Å². The predicted octanol–water partition coefficient (Wildman–Crippen LogP) is 1.64. The van der Waals surface area contributed by atoms with Crippen LogP contribution in [0.25, 0.3) is 0 Å². The van der Waals surface area contributed by atoms with Crippen LogP contribution in [0.2, 0.25) is 0 Å². The molecule has 16 heavy (non-hydrogen) atoms. The quantitative estimate of drug-likeness (QED) is 0.358. The number of aldehydes is 1. The maximum absolute atomic E-state index is 11.1. The molecule has 0 aromatic heterocycles. The number of nitrogens with zero attached hydrogens (tertiary/aromatic N) is 1. The Hall–Kier alpha value is -1.47. The number of hydrogen-bond acceptors (Lipinski definition) is 5. The van der Waals surface area contributed by atoms with Gasteiger partial charge in [-0.3, -0.25) is 14.9 Å². The maximum Gasteiger partial charge on any atom is 0.271 e. The van der Waals surface area contributed by atoms with Crippen LogP contribution >= 0.6 is 10.7 Å². The van der Waals surface area contributed by atoms with Crippen LogP contribution in [-0.2, 0) is 9.05 Å². The lowest BCUT2D eigenvalue weighted by molar-refractivity contribution is -0.385. The van der Waals surface area contributed by atoms with Crippen molar-refractivity contribution in [1.29, 1.82) is 0 Å². The van der Waals surface area contributed by atoms with Crippen LogP contribution in [0, 0.1) is 17.0 Å². The molecule has 0 bridgehead atoms. The van der Waals surface area contributed by atoms with Crippen LogP contribution in [0.3, 0.4) is 0 Å². The van der Waals surface area contributed by atoms with E-state index in [1.54, 1.807) is 0 Å². The van der Waals surface area contributed by atoms with Crippen molar-refractivity contribution in [3.05, 3.63) is 33.4 Å². The lowest BCUT2D eigenvalue weighted by atomic mass is 10.1. The second kappa shape index (κ2) is 4.18. The molecule has 1 aromatic carbocycles. The number of benzene rings is 1. The molecule has 0 fully saturated rings. The van der Waals surface area contributed by atoms with Crippen LogP contribution in [0.15, 0.2) is 17.0 Å². The number of hydrogen-bond donors (Lipinski definition) is 0. The molecule has 0 aliphatic heterocycles. The highest BCUT2D eigenvalue weighted by molar-refractivity contribution is 8.13. The van der Waals surface area contributed by atoms with E-state index in [2.05, 4.69) is 0 Å². The molecule has 0 aliphatic carbocycles. The van der Waals surface area contributed by atoms with Crippen molar-refractivity contribution in [2.45, 2.75) is 11.8 Å². The highest BCUT2D eigenvalue weighted by Crippen LogP contribution is 2.27. The van der Waals surface area contributed by atoms with Crippen molar-refractivity contribution in [3.8, 4) is 0 Å². The smallest absolute Gasteiger partial charge is 0.271 e. The van der Waals surface area contributed by atoms with Crippen LogP contribution in [0.4, 0.5) is 5.69 Å². The molecular formula is C8H6ClNO5S. The highest BCUT2D eigenvalue weighted by atomic mass is 35.7. The van der Waals surface area contributed by atoms with E-state index >= 15 is 0 Å². The Kier molecular flexibility index (Phi) is 3.30. The van der Waals surface area contributed by atoms with Gasteiger partial charge in [0, 0.05) is 28.4 Å². The van der Waals surface area contributed by atoms with Crippen molar-refractivity contribution < 1.29 is 18.1 Å². The van der Waals surface area contributed by atoms with E-state index in [-0.39, 0.29) is 11.1 Å². The van der Waals surface area contributed by atoms with E-state index < -0.39 is 24.6 Å². The number of rotatable bonds is 3. The molecule has 6 nitrogen and oxygen atoms in total. The van der Waals surface area contributed by atoms with Crippen molar-refractivity contribution in [1.82, 2.24) is 0 Å². The summed E-state index contributed by atoms with van der Waals surface area (Å²) >= 11 is 0. The molecule has 0 aliphatic rings. The van der Waals surface area contributed by atoms with Crippen molar-refractivity contribution in [2.75, 3.05) is 0 Å². The average molecular weight is 264 g/mol. The van der Waals surface area contributed by atoms with Crippen molar-refractivity contribution >= 4 is 31.7 Å². The molecule has 0 N–H and O–H groups in total. The fourth-order valence-electron chi connectivity index (χ4n) is 1.18. The van der Waals surface area contributed by atoms with Gasteiger partial charge in [-0.1, -0.05) is 0 Å². The summed E-state index contributed by atoms with van der Waals surface area (Å²) < 4.78 is 22.2. The molecule has 0 heterocycles. The monoisotopic (exact) mass is 263 g/mol.